The Morgan fingerprint density at radius 3 is 2.23 bits per heavy atom. The Morgan fingerprint density at radius 1 is 1.18 bits per heavy atom. The molecular weight excluding hydrogens is 320 g/mol. The average molecular weight is 338 g/mol. The molecule has 0 saturated heterocycles. The summed E-state index contributed by atoms with van der Waals surface area (Å²) in [6.45, 7) is -0.675. The number of aliphatic carboxylic acids is 2. The SMILES string of the molecule is N[C@@H](CCC(=O)C[C@@H](CS(=O)O)C(=O)NCC(=O)O)C(=O)O. The number of carboxylic acid groups (broad SMARTS) is 2. The first kappa shape index (κ1) is 20.1. The van der Waals surface area contributed by atoms with Gasteiger partial charge in [-0.15, -0.1) is 0 Å². The van der Waals surface area contributed by atoms with Crippen LogP contribution in [0.1, 0.15) is 19.3 Å². The average Bonchev–Trinajstić information content (AvgIpc) is 2.40. The minimum absolute atomic E-state index is 0.125. The van der Waals surface area contributed by atoms with Gasteiger partial charge in [0, 0.05) is 12.8 Å². The van der Waals surface area contributed by atoms with Crippen LogP contribution >= 0.6 is 0 Å². The van der Waals surface area contributed by atoms with Gasteiger partial charge < -0.3 is 25.8 Å². The normalized spacial score (nSPS) is 14.6. The van der Waals surface area contributed by atoms with Crippen molar-refractivity contribution in [2.45, 2.75) is 25.3 Å². The number of carboxylic acids is 2. The van der Waals surface area contributed by atoms with Crippen molar-refractivity contribution in [3.8, 4) is 0 Å². The van der Waals surface area contributed by atoms with Crippen LogP contribution in [-0.2, 0) is 30.3 Å². The number of carbonyl (C=O) groups is 4. The molecule has 0 saturated carbocycles. The lowest BCUT2D eigenvalue weighted by atomic mass is 9.99. The monoisotopic (exact) mass is 338 g/mol. The van der Waals surface area contributed by atoms with E-state index in [-0.39, 0.29) is 12.8 Å². The maximum absolute atomic E-state index is 11.7. The molecule has 0 aromatic rings. The van der Waals surface area contributed by atoms with Crippen LogP contribution in [0.5, 0.6) is 0 Å². The molecule has 6 N–H and O–H groups in total. The quantitative estimate of drug-likeness (QED) is 0.270. The minimum Gasteiger partial charge on any atom is -0.480 e. The summed E-state index contributed by atoms with van der Waals surface area (Å²) >= 11 is -2.35. The van der Waals surface area contributed by atoms with Crippen LogP contribution < -0.4 is 11.1 Å². The van der Waals surface area contributed by atoms with Gasteiger partial charge in [0.15, 0.2) is 11.1 Å². The molecule has 10 nitrogen and oxygen atoms in total. The van der Waals surface area contributed by atoms with Crippen LogP contribution in [0.15, 0.2) is 0 Å². The first-order valence-electron chi connectivity index (χ1n) is 6.20. The number of amides is 1. The van der Waals surface area contributed by atoms with E-state index in [2.05, 4.69) is 0 Å². The lowest BCUT2D eigenvalue weighted by Crippen LogP contribution is -2.38. The van der Waals surface area contributed by atoms with E-state index in [1.807, 2.05) is 5.32 Å². The van der Waals surface area contributed by atoms with Gasteiger partial charge in [0.05, 0.1) is 11.7 Å². The van der Waals surface area contributed by atoms with Gasteiger partial charge in [0.2, 0.25) is 5.91 Å². The third-order valence-electron chi connectivity index (χ3n) is 2.65. The molecule has 1 amide bonds. The summed E-state index contributed by atoms with van der Waals surface area (Å²) in [5, 5.41) is 19.0. The van der Waals surface area contributed by atoms with Gasteiger partial charge in [-0.25, -0.2) is 4.21 Å². The molecular formula is C11H18N2O8S. The predicted molar refractivity (Wildman–Crippen MR) is 74.2 cm³/mol. The van der Waals surface area contributed by atoms with E-state index < -0.39 is 65.4 Å². The molecule has 0 bridgehead atoms. The summed E-state index contributed by atoms with van der Waals surface area (Å²) in [6.07, 6.45) is -0.724. The first-order chi connectivity index (χ1) is 10.1. The highest BCUT2D eigenvalue weighted by molar-refractivity contribution is 7.79. The Balaban J connectivity index is 4.53. The second-order valence-corrected chi connectivity index (χ2v) is 5.50. The van der Waals surface area contributed by atoms with Gasteiger partial charge in [0.1, 0.15) is 18.4 Å². The zero-order valence-corrected chi connectivity index (χ0v) is 12.4. The highest BCUT2D eigenvalue weighted by Crippen LogP contribution is 2.10. The van der Waals surface area contributed by atoms with Gasteiger partial charge in [0.25, 0.3) is 0 Å². The van der Waals surface area contributed by atoms with Crippen LogP contribution in [0.25, 0.3) is 0 Å². The van der Waals surface area contributed by atoms with E-state index in [9.17, 15) is 23.4 Å². The lowest BCUT2D eigenvalue weighted by molar-refractivity contribution is -0.139. The van der Waals surface area contributed by atoms with E-state index >= 15 is 0 Å². The summed E-state index contributed by atoms with van der Waals surface area (Å²) in [5.41, 5.74) is 5.23. The van der Waals surface area contributed by atoms with Crippen LogP contribution in [0.3, 0.4) is 0 Å². The maximum Gasteiger partial charge on any atom is 0.322 e. The van der Waals surface area contributed by atoms with Crippen LogP contribution in [0.4, 0.5) is 0 Å². The molecule has 22 heavy (non-hydrogen) atoms. The topological polar surface area (TPSA) is 184 Å². The predicted octanol–water partition coefficient (Wildman–Crippen LogP) is -1.82. The van der Waals surface area contributed by atoms with Crippen molar-refractivity contribution in [3.63, 3.8) is 0 Å². The number of ketones is 1. The number of rotatable bonds is 11. The van der Waals surface area contributed by atoms with E-state index in [4.69, 9.17) is 20.5 Å². The third kappa shape index (κ3) is 9.15. The molecule has 0 aromatic heterocycles. The first-order valence-corrected chi connectivity index (χ1v) is 7.48. The number of hydrogen-bond acceptors (Lipinski definition) is 6. The molecule has 0 spiro atoms. The Morgan fingerprint density at radius 2 is 1.77 bits per heavy atom. The van der Waals surface area contributed by atoms with Crippen molar-refractivity contribution in [2.24, 2.45) is 11.7 Å². The molecule has 0 aromatic carbocycles. The molecule has 1 unspecified atom stereocenters. The van der Waals surface area contributed by atoms with E-state index in [1.54, 1.807) is 0 Å². The number of Topliss-reactive ketones (excluding diaryl/α,β-unsaturated/α-hetero) is 1. The van der Waals surface area contributed by atoms with Crippen molar-refractivity contribution < 1.29 is 38.2 Å². The number of hydrogen-bond donors (Lipinski definition) is 5. The summed E-state index contributed by atoms with van der Waals surface area (Å²) in [5.74, 6) is -5.59. The second kappa shape index (κ2) is 9.97. The van der Waals surface area contributed by atoms with Crippen molar-refractivity contribution in [2.75, 3.05) is 12.3 Å². The third-order valence-corrected chi connectivity index (χ3v) is 3.34. The highest BCUT2D eigenvalue weighted by Gasteiger charge is 2.25. The fourth-order valence-electron chi connectivity index (χ4n) is 1.52. The van der Waals surface area contributed by atoms with E-state index in [0.29, 0.717) is 0 Å². The molecule has 0 heterocycles. The highest BCUT2D eigenvalue weighted by atomic mass is 32.2. The zero-order valence-electron chi connectivity index (χ0n) is 11.6. The molecule has 0 aliphatic rings. The lowest BCUT2D eigenvalue weighted by Gasteiger charge is -2.14. The van der Waals surface area contributed by atoms with Crippen molar-refractivity contribution in [1.29, 1.82) is 0 Å². The smallest absolute Gasteiger partial charge is 0.322 e. The Hall–Kier alpha value is -1.85. The second-order valence-electron chi connectivity index (χ2n) is 4.52. The number of nitrogens with one attached hydrogen (secondary N) is 1. The van der Waals surface area contributed by atoms with Gasteiger partial charge in [-0.3, -0.25) is 19.2 Å². The van der Waals surface area contributed by atoms with Crippen LogP contribution in [0, 0.1) is 5.92 Å². The molecule has 0 aliphatic carbocycles. The number of carbonyl (C=O) groups excluding carboxylic acids is 2. The summed E-state index contributed by atoms with van der Waals surface area (Å²) in [7, 11) is 0. The van der Waals surface area contributed by atoms with Crippen molar-refractivity contribution in [3.05, 3.63) is 0 Å². The molecule has 0 aliphatic heterocycles. The fourth-order valence-corrected chi connectivity index (χ4v) is 2.14. The van der Waals surface area contributed by atoms with Crippen LogP contribution in [0.2, 0.25) is 0 Å². The largest absolute Gasteiger partial charge is 0.480 e. The maximum atomic E-state index is 11.7. The summed E-state index contributed by atoms with van der Waals surface area (Å²) < 4.78 is 19.6. The van der Waals surface area contributed by atoms with Gasteiger partial charge in [-0.05, 0) is 6.42 Å². The standard InChI is InChI=1S/C11H18N2O8S/c12-8(11(18)19)2-1-7(14)3-6(5-22(20)21)10(17)13-4-9(15)16/h6,8H,1-5,12H2,(H,13,17)(H,15,16)(H,18,19)(H,20,21)/t6-,8-/m0/s1. The minimum atomic E-state index is -2.35. The van der Waals surface area contributed by atoms with Crippen molar-refractivity contribution in [1.82, 2.24) is 5.32 Å². The van der Waals surface area contributed by atoms with Gasteiger partial charge in [-0.2, -0.15) is 0 Å². The Bertz CT molecular complexity index is 467. The summed E-state index contributed by atoms with van der Waals surface area (Å²) in [4.78, 5) is 44.2. The fraction of sp³-hybridized carbons (Fsp3) is 0.636. The molecule has 126 valence electrons. The summed E-state index contributed by atoms with van der Waals surface area (Å²) in [6, 6.07) is -1.21. The van der Waals surface area contributed by atoms with Crippen LogP contribution in [-0.4, -0.2) is 60.9 Å². The molecule has 0 fully saturated rings. The van der Waals surface area contributed by atoms with Crippen molar-refractivity contribution >= 4 is 34.7 Å². The van der Waals surface area contributed by atoms with E-state index in [0.717, 1.165) is 0 Å². The number of nitrogens with two attached hydrogens (primary N) is 1. The van der Waals surface area contributed by atoms with Gasteiger partial charge in [-0.1, -0.05) is 0 Å². The zero-order chi connectivity index (χ0) is 17.3. The molecule has 3 atom stereocenters. The molecule has 0 radical (unpaired) electrons. The van der Waals surface area contributed by atoms with E-state index in [1.165, 1.54) is 0 Å². The Kier molecular flexibility index (Phi) is 9.13. The molecule has 11 heteroatoms. The van der Waals surface area contributed by atoms with Gasteiger partial charge >= 0.3 is 11.9 Å². The Labute approximate surface area is 128 Å². The molecule has 0 rings (SSSR count).